The molecule has 21 heavy (non-hydrogen) atoms. The standard InChI is InChI=1S/C14H19ClN4O2/c1-13(2,3)11-16-8(15)6-9(17-11)19-7-10(20)18-12(21)14(19,4)5/h6H,7H2,1-5H3,(H,18,20,21). The molecule has 1 fully saturated rings. The third-order valence-electron chi connectivity index (χ3n) is 3.41. The normalized spacial score (nSPS) is 18.7. The van der Waals surface area contributed by atoms with E-state index < -0.39 is 5.54 Å². The number of halogens is 1. The van der Waals surface area contributed by atoms with E-state index in [1.165, 1.54) is 0 Å². The van der Waals surface area contributed by atoms with E-state index >= 15 is 0 Å². The zero-order chi connectivity index (χ0) is 16.0. The highest BCUT2D eigenvalue weighted by Crippen LogP contribution is 2.29. The van der Waals surface area contributed by atoms with Gasteiger partial charge in [-0.25, -0.2) is 9.97 Å². The van der Waals surface area contributed by atoms with Crippen molar-refractivity contribution >= 4 is 29.2 Å². The van der Waals surface area contributed by atoms with Crippen LogP contribution >= 0.6 is 11.6 Å². The average molecular weight is 311 g/mol. The zero-order valence-electron chi connectivity index (χ0n) is 12.8. The number of hydrogen-bond acceptors (Lipinski definition) is 5. The molecule has 0 aromatic carbocycles. The van der Waals surface area contributed by atoms with Gasteiger partial charge in [-0.05, 0) is 13.8 Å². The molecule has 1 aromatic rings. The molecule has 1 N–H and O–H groups in total. The molecule has 0 bridgehead atoms. The van der Waals surface area contributed by atoms with Crippen LogP contribution in [0.2, 0.25) is 5.15 Å². The van der Waals surface area contributed by atoms with Gasteiger partial charge in [-0.15, -0.1) is 0 Å². The quantitative estimate of drug-likeness (QED) is 0.631. The molecule has 0 aliphatic carbocycles. The van der Waals surface area contributed by atoms with Crippen LogP contribution in [0.25, 0.3) is 0 Å². The van der Waals surface area contributed by atoms with Gasteiger partial charge in [0.15, 0.2) is 0 Å². The molecule has 0 atom stereocenters. The van der Waals surface area contributed by atoms with Crippen molar-refractivity contribution in [1.29, 1.82) is 0 Å². The number of piperazine rings is 1. The summed E-state index contributed by atoms with van der Waals surface area (Å²) in [5.41, 5.74) is -1.17. The number of hydrogen-bond donors (Lipinski definition) is 1. The molecule has 0 radical (unpaired) electrons. The zero-order valence-corrected chi connectivity index (χ0v) is 13.6. The molecule has 1 aliphatic heterocycles. The summed E-state index contributed by atoms with van der Waals surface area (Å²) in [5, 5.41) is 2.62. The predicted octanol–water partition coefficient (Wildman–Crippen LogP) is 1.67. The number of imide groups is 1. The Morgan fingerprint density at radius 2 is 1.90 bits per heavy atom. The Kier molecular flexibility index (Phi) is 3.70. The number of anilines is 1. The molecule has 1 saturated heterocycles. The van der Waals surface area contributed by atoms with Gasteiger partial charge in [0.25, 0.3) is 5.91 Å². The molecular formula is C14H19ClN4O2. The van der Waals surface area contributed by atoms with Gasteiger partial charge in [-0.1, -0.05) is 32.4 Å². The second-order valence-corrected chi connectivity index (χ2v) is 7.03. The van der Waals surface area contributed by atoms with Gasteiger partial charge in [0.05, 0.1) is 6.54 Å². The van der Waals surface area contributed by atoms with Crippen LogP contribution in [0, 0.1) is 0 Å². The first-order valence-corrected chi connectivity index (χ1v) is 7.06. The van der Waals surface area contributed by atoms with Crippen LogP contribution in [0.1, 0.15) is 40.4 Å². The fourth-order valence-electron chi connectivity index (χ4n) is 2.03. The fraction of sp³-hybridized carbons (Fsp3) is 0.571. The SMILES string of the molecule is CC(C)(C)c1nc(Cl)cc(N2CC(=O)NC(=O)C2(C)C)n1. The van der Waals surface area contributed by atoms with E-state index in [2.05, 4.69) is 15.3 Å². The molecule has 114 valence electrons. The number of rotatable bonds is 1. The molecule has 2 heterocycles. The summed E-state index contributed by atoms with van der Waals surface area (Å²) in [6.07, 6.45) is 0. The Labute approximate surface area is 128 Å². The number of carbonyl (C=O) groups is 2. The molecule has 1 aromatic heterocycles. The van der Waals surface area contributed by atoms with E-state index in [-0.39, 0.29) is 23.8 Å². The maximum atomic E-state index is 12.0. The Hall–Kier alpha value is -1.69. The first-order chi connectivity index (χ1) is 9.51. The van der Waals surface area contributed by atoms with Crippen molar-refractivity contribution < 1.29 is 9.59 Å². The minimum absolute atomic E-state index is 0.0513. The third kappa shape index (κ3) is 3.00. The first kappa shape index (κ1) is 15.7. The van der Waals surface area contributed by atoms with Crippen LogP contribution < -0.4 is 10.2 Å². The van der Waals surface area contributed by atoms with Crippen molar-refractivity contribution in [2.45, 2.75) is 45.6 Å². The second-order valence-electron chi connectivity index (χ2n) is 6.64. The second kappa shape index (κ2) is 4.94. The summed E-state index contributed by atoms with van der Waals surface area (Å²) < 4.78 is 0. The summed E-state index contributed by atoms with van der Waals surface area (Å²) >= 11 is 6.08. The molecule has 0 saturated carbocycles. The number of amides is 2. The van der Waals surface area contributed by atoms with Gasteiger partial charge in [0, 0.05) is 11.5 Å². The highest BCUT2D eigenvalue weighted by molar-refractivity contribution is 6.29. The van der Waals surface area contributed by atoms with E-state index in [0.29, 0.717) is 16.8 Å². The lowest BCUT2D eigenvalue weighted by Gasteiger charge is -2.41. The minimum Gasteiger partial charge on any atom is -0.333 e. The monoisotopic (exact) mass is 310 g/mol. The van der Waals surface area contributed by atoms with Crippen LogP contribution in [0.4, 0.5) is 5.82 Å². The fourth-order valence-corrected chi connectivity index (χ4v) is 2.21. The number of nitrogens with zero attached hydrogens (tertiary/aromatic N) is 3. The van der Waals surface area contributed by atoms with Crippen molar-refractivity contribution in [2.24, 2.45) is 0 Å². The smallest absolute Gasteiger partial charge is 0.251 e. The van der Waals surface area contributed by atoms with Crippen LogP contribution in [0.15, 0.2) is 6.07 Å². The molecule has 0 unspecified atom stereocenters. The summed E-state index contributed by atoms with van der Waals surface area (Å²) in [6.45, 7) is 9.45. The third-order valence-corrected chi connectivity index (χ3v) is 3.61. The van der Waals surface area contributed by atoms with E-state index in [0.717, 1.165) is 0 Å². The molecule has 6 nitrogen and oxygen atoms in total. The average Bonchev–Trinajstić information content (AvgIpc) is 2.32. The highest BCUT2D eigenvalue weighted by atomic mass is 35.5. The Bertz CT molecular complexity index is 607. The topological polar surface area (TPSA) is 75.2 Å². The summed E-state index contributed by atoms with van der Waals surface area (Å²) in [6, 6.07) is 1.57. The van der Waals surface area contributed by atoms with Crippen LogP contribution in [0.3, 0.4) is 0 Å². The predicted molar refractivity (Wildman–Crippen MR) is 80.3 cm³/mol. The van der Waals surface area contributed by atoms with Gasteiger partial charge in [0.1, 0.15) is 22.3 Å². The van der Waals surface area contributed by atoms with E-state index in [1.54, 1.807) is 24.8 Å². The van der Waals surface area contributed by atoms with Gasteiger partial charge >= 0.3 is 0 Å². The van der Waals surface area contributed by atoms with Crippen molar-refractivity contribution in [1.82, 2.24) is 15.3 Å². The van der Waals surface area contributed by atoms with Gasteiger partial charge in [-0.3, -0.25) is 14.9 Å². The lowest BCUT2D eigenvalue weighted by molar-refractivity contribution is -0.135. The molecule has 2 rings (SSSR count). The highest BCUT2D eigenvalue weighted by Gasteiger charge is 2.42. The molecule has 0 spiro atoms. The lowest BCUT2D eigenvalue weighted by atomic mass is 9.95. The van der Waals surface area contributed by atoms with Crippen molar-refractivity contribution in [2.75, 3.05) is 11.4 Å². The van der Waals surface area contributed by atoms with Crippen molar-refractivity contribution in [3.63, 3.8) is 0 Å². The van der Waals surface area contributed by atoms with Crippen molar-refractivity contribution in [3.8, 4) is 0 Å². The van der Waals surface area contributed by atoms with E-state index in [4.69, 9.17) is 11.6 Å². The molecule has 2 amide bonds. The largest absolute Gasteiger partial charge is 0.333 e. The number of carbonyl (C=O) groups excluding carboxylic acids is 2. The lowest BCUT2D eigenvalue weighted by Crippen LogP contribution is -2.64. The van der Waals surface area contributed by atoms with Gasteiger partial charge < -0.3 is 4.90 Å². The van der Waals surface area contributed by atoms with Gasteiger partial charge in [-0.2, -0.15) is 0 Å². The summed E-state index contributed by atoms with van der Waals surface area (Å²) in [4.78, 5) is 34.1. The number of aromatic nitrogens is 2. The maximum Gasteiger partial charge on any atom is 0.251 e. The molecular weight excluding hydrogens is 292 g/mol. The van der Waals surface area contributed by atoms with Crippen LogP contribution in [-0.2, 0) is 15.0 Å². The van der Waals surface area contributed by atoms with Crippen LogP contribution in [0.5, 0.6) is 0 Å². The Balaban J connectivity index is 2.52. The summed E-state index contributed by atoms with van der Waals surface area (Å²) in [7, 11) is 0. The van der Waals surface area contributed by atoms with Crippen LogP contribution in [-0.4, -0.2) is 33.9 Å². The number of nitrogens with one attached hydrogen (secondary N) is 1. The Morgan fingerprint density at radius 3 is 2.48 bits per heavy atom. The molecule has 7 heteroatoms. The summed E-state index contributed by atoms with van der Waals surface area (Å²) in [5.74, 6) is 0.338. The van der Waals surface area contributed by atoms with Crippen molar-refractivity contribution in [3.05, 3.63) is 17.0 Å². The minimum atomic E-state index is -0.888. The Morgan fingerprint density at radius 1 is 1.29 bits per heavy atom. The molecule has 1 aliphatic rings. The maximum absolute atomic E-state index is 12.0. The van der Waals surface area contributed by atoms with E-state index in [9.17, 15) is 9.59 Å². The van der Waals surface area contributed by atoms with Gasteiger partial charge in [0.2, 0.25) is 5.91 Å². The van der Waals surface area contributed by atoms with E-state index in [1.807, 2.05) is 20.8 Å². The first-order valence-electron chi connectivity index (χ1n) is 6.69.